The van der Waals surface area contributed by atoms with Crippen molar-refractivity contribution in [2.75, 3.05) is 25.9 Å². The largest absolute Gasteiger partial charge is 0.437 e. The first kappa shape index (κ1) is 34.7. The van der Waals surface area contributed by atoms with Crippen molar-refractivity contribution in [3.8, 4) is 23.5 Å². The van der Waals surface area contributed by atoms with Crippen LogP contribution in [0.3, 0.4) is 0 Å². The van der Waals surface area contributed by atoms with E-state index in [0.717, 1.165) is 33.5 Å². The monoisotopic (exact) mass is 687 g/mol. The number of ether oxygens (including phenoxy) is 2. The fraction of sp³-hybridized carbons (Fsp3) is 0.351. The van der Waals surface area contributed by atoms with E-state index >= 15 is 8.78 Å². The van der Waals surface area contributed by atoms with Crippen molar-refractivity contribution >= 4 is 11.6 Å². The van der Waals surface area contributed by atoms with Crippen molar-refractivity contribution < 1.29 is 32.5 Å². The van der Waals surface area contributed by atoms with Gasteiger partial charge in [-0.3, -0.25) is 14.2 Å². The Morgan fingerprint density at radius 3 is 2.48 bits per heavy atom. The Balaban J connectivity index is 1.19. The summed E-state index contributed by atoms with van der Waals surface area (Å²) in [6.07, 6.45) is 3.18. The Kier molecular flexibility index (Phi) is 9.69. The lowest BCUT2D eigenvalue weighted by atomic mass is 9.68. The second-order valence-corrected chi connectivity index (χ2v) is 12.7. The van der Waals surface area contributed by atoms with Crippen LogP contribution >= 0.6 is 0 Å². The second-order valence-electron chi connectivity index (χ2n) is 12.7. The standard InChI is InChI=1S/C37H36F3N5O5/c1-49-35(16-14-27-9-5-6-19-42-27)17-15-29(30(21-35)25-7-3-2-4-8-25)33(46)44-20-18-36(48,37(39,40)23-44)22-45-24-43-32(31(41)34(45)47)50-28-12-10-26(38)11-13-28/h2-13,19,24,29-30,48H,15,17-18,20-23,41H2,1H3/t29-,30+,35-,36+/m1/s1. The maximum absolute atomic E-state index is 15.9. The zero-order valence-electron chi connectivity index (χ0n) is 27.3. The van der Waals surface area contributed by atoms with Gasteiger partial charge in [-0.15, -0.1) is 0 Å². The number of benzene rings is 2. The van der Waals surface area contributed by atoms with Crippen LogP contribution in [0.2, 0.25) is 0 Å². The van der Waals surface area contributed by atoms with Gasteiger partial charge in [-0.2, -0.15) is 0 Å². The highest BCUT2D eigenvalue weighted by atomic mass is 19.3. The number of likely N-dealkylation sites (tertiary alicyclic amines) is 1. The number of carbonyl (C=O) groups excluding carboxylic acids is 1. The van der Waals surface area contributed by atoms with Crippen molar-refractivity contribution in [3.63, 3.8) is 0 Å². The summed E-state index contributed by atoms with van der Waals surface area (Å²) >= 11 is 0. The molecule has 2 aliphatic rings. The minimum Gasteiger partial charge on any atom is -0.437 e. The zero-order chi connectivity index (χ0) is 35.5. The van der Waals surface area contributed by atoms with Crippen LogP contribution in [0.1, 0.15) is 42.9 Å². The molecule has 50 heavy (non-hydrogen) atoms. The number of hydrogen-bond donors (Lipinski definition) is 2. The number of hydrogen-bond acceptors (Lipinski definition) is 8. The zero-order valence-corrected chi connectivity index (χ0v) is 27.3. The third-order valence-corrected chi connectivity index (χ3v) is 9.59. The number of aromatic nitrogens is 3. The fourth-order valence-electron chi connectivity index (χ4n) is 6.67. The van der Waals surface area contributed by atoms with Crippen LogP contribution in [0.25, 0.3) is 0 Å². The van der Waals surface area contributed by atoms with Crippen LogP contribution in [-0.4, -0.2) is 67.8 Å². The topological polar surface area (TPSA) is 133 Å². The number of nitrogens with zero attached hydrogens (tertiary/aromatic N) is 4. The molecule has 0 radical (unpaired) electrons. The molecule has 0 unspecified atom stereocenters. The first-order valence-corrected chi connectivity index (χ1v) is 16.1. The van der Waals surface area contributed by atoms with Gasteiger partial charge in [0.15, 0.2) is 5.69 Å². The first-order chi connectivity index (χ1) is 23.9. The van der Waals surface area contributed by atoms with Gasteiger partial charge < -0.3 is 25.2 Å². The molecule has 4 aromatic rings. The van der Waals surface area contributed by atoms with Crippen LogP contribution < -0.4 is 16.0 Å². The van der Waals surface area contributed by atoms with E-state index in [1.54, 1.807) is 25.4 Å². The molecule has 6 rings (SSSR count). The lowest BCUT2D eigenvalue weighted by Crippen LogP contribution is -2.64. The van der Waals surface area contributed by atoms with Crippen LogP contribution in [0.5, 0.6) is 11.6 Å². The number of nitrogen functional groups attached to an aromatic ring is 1. The lowest BCUT2D eigenvalue weighted by molar-refractivity contribution is -0.223. The molecule has 10 nitrogen and oxygen atoms in total. The average molecular weight is 688 g/mol. The Morgan fingerprint density at radius 2 is 1.80 bits per heavy atom. The summed E-state index contributed by atoms with van der Waals surface area (Å²) in [6, 6.07) is 19.7. The third kappa shape index (κ3) is 7.08. The van der Waals surface area contributed by atoms with Crippen molar-refractivity contribution in [1.29, 1.82) is 0 Å². The number of aliphatic hydroxyl groups is 1. The lowest BCUT2D eigenvalue weighted by Gasteiger charge is -2.47. The number of nitrogens with two attached hydrogens (primary N) is 1. The quantitative estimate of drug-likeness (QED) is 0.266. The van der Waals surface area contributed by atoms with Crippen molar-refractivity contribution in [1.82, 2.24) is 19.4 Å². The molecule has 4 atom stereocenters. The first-order valence-electron chi connectivity index (χ1n) is 16.1. The summed E-state index contributed by atoms with van der Waals surface area (Å²) in [5.74, 6) is 0.420. The molecule has 1 aliphatic heterocycles. The Labute approximate surface area is 286 Å². The predicted octanol–water partition coefficient (Wildman–Crippen LogP) is 4.77. The number of alkyl halides is 2. The van der Waals surface area contributed by atoms with E-state index in [1.165, 1.54) is 12.1 Å². The van der Waals surface area contributed by atoms with Crippen LogP contribution in [-0.2, 0) is 16.1 Å². The van der Waals surface area contributed by atoms with Crippen LogP contribution in [0.4, 0.5) is 18.9 Å². The predicted molar refractivity (Wildman–Crippen MR) is 178 cm³/mol. The summed E-state index contributed by atoms with van der Waals surface area (Å²) in [5, 5.41) is 11.3. The van der Waals surface area contributed by atoms with Crippen molar-refractivity contribution in [2.45, 2.75) is 55.3 Å². The maximum Gasteiger partial charge on any atom is 0.295 e. The van der Waals surface area contributed by atoms with Gasteiger partial charge in [0.05, 0.1) is 13.1 Å². The molecule has 1 saturated heterocycles. The van der Waals surface area contributed by atoms with Gasteiger partial charge in [-0.1, -0.05) is 42.3 Å². The van der Waals surface area contributed by atoms with E-state index in [1.807, 2.05) is 36.4 Å². The van der Waals surface area contributed by atoms with Gasteiger partial charge in [0, 0.05) is 32.2 Å². The molecule has 1 amide bonds. The van der Waals surface area contributed by atoms with Crippen LogP contribution in [0, 0.1) is 23.6 Å². The van der Waals surface area contributed by atoms with E-state index in [-0.39, 0.29) is 24.1 Å². The molecule has 260 valence electrons. The number of piperidine rings is 1. The van der Waals surface area contributed by atoms with Gasteiger partial charge in [-0.25, -0.2) is 23.1 Å². The third-order valence-electron chi connectivity index (χ3n) is 9.59. The number of pyridine rings is 1. The Morgan fingerprint density at radius 1 is 1.06 bits per heavy atom. The molecule has 3 heterocycles. The van der Waals surface area contributed by atoms with Gasteiger partial charge in [0.2, 0.25) is 11.8 Å². The molecule has 13 heteroatoms. The molecule has 0 spiro atoms. The SMILES string of the molecule is CO[C@]1(C#Cc2ccccn2)CC[C@@H](C(=O)N2CC[C@](O)(Cn3cnc(Oc4ccc(F)cc4)c(N)c3=O)C(F)(F)C2)[C@H](c2ccccc2)C1. The Bertz CT molecular complexity index is 1950. The highest BCUT2D eigenvalue weighted by molar-refractivity contribution is 5.80. The van der Waals surface area contributed by atoms with Crippen molar-refractivity contribution in [2.24, 2.45) is 5.92 Å². The minimum absolute atomic E-state index is 0.155. The number of amides is 1. The Hall–Kier alpha value is -5.19. The van der Waals surface area contributed by atoms with E-state index < -0.39 is 65.5 Å². The maximum atomic E-state index is 15.9. The van der Waals surface area contributed by atoms with Gasteiger partial charge >= 0.3 is 0 Å². The average Bonchev–Trinajstić information content (AvgIpc) is 3.13. The molecular weight excluding hydrogens is 651 g/mol. The summed E-state index contributed by atoms with van der Waals surface area (Å²) in [6.45, 7) is -2.03. The molecule has 1 saturated carbocycles. The van der Waals surface area contributed by atoms with E-state index in [0.29, 0.717) is 25.0 Å². The van der Waals surface area contributed by atoms with E-state index in [9.17, 15) is 19.1 Å². The summed E-state index contributed by atoms with van der Waals surface area (Å²) < 4.78 is 57.2. The van der Waals surface area contributed by atoms with Gasteiger partial charge in [0.1, 0.15) is 34.8 Å². The molecule has 2 aromatic heterocycles. The molecular formula is C37H36F3N5O5. The normalized spacial score (nSPS) is 24.5. The highest BCUT2D eigenvalue weighted by Gasteiger charge is 2.58. The molecule has 2 aromatic carbocycles. The number of halogens is 3. The fourth-order valence-corrected chi connectivity index (χ4v) is 6.67. The molecule has 1 aliphatic carbocycles. The smallest absolute Gasteiger partial charge is 0.295 e. The van der Waals surface area contributed by atoms with Gasteiger partial charge in [-0.05, 0) is 73.1 Å². The number of methoxy groups -OCH3 is 1. The molecule has 2 fully saturated rings. The molecule has 3 N–H and O–H groups in total. The summed E-state index contributed by atoms with van der Waals surface area (Å²) in [4.78, 5) is 36.5. The highest BCUT2D eigenvalue weighted by Crippen LogP contribution is 2.46. The van der Waals surface area contributed by atoms with Gasteiger partial charge in [0.25, 0.3) is 11.5 Å². The number of carbonyl (C=O) groups is 1. The second kappa shape index (κ2) is 14.0. The van der Waals surface area contributed by atoms with E-state index in [4.69, 9.17) is 15.2 Å². The number of anilines is 1. The minimum atomic E-state index is -3.79. The number of rotatable bonds is 7. The van der Waals surface area contributed by atoms with E-state index in [2.05, 4.69) is 21.8 Å². The van der Waals surface area contributed by atoms with Crippen LogP contribution in [0.15, 0.2) is 90.1 Å². The molecule has 0 bridgehead atoms. The van der Waals surface area contributed by atoms with Crippen molar-refractivity contribution in [3.05, 3.63) is 113 Å². The summed E-state index contributed by atoms with van der Waals surface area (Å²) in [7, 11) is 1.57. The summed E-state index contributed by atoms with van der Waals surface area (Å²) in [5.41, 5.74) is 2.42.